The lowest BCUT2D eigenvalue weighted by Crippen LogP contribution is -2.10. The molecule has 1 aromatic heterocycles. The van der Waals surface area contributed by atoms with E-state index in [1.54, 1.807) is 0 Å². The molecule has 0 aliphatic heterocycles. The molecule has 2 aromatic rings. The van der Waals surface area contributed by atoms with Crippen molar-refractivity contribution in [2.75, 3.05) is 5.32 Å². The summed E-state index contributed by atoms with van der Waals surface area (Å²) in [5, 5.41) is 12.7. The van der Waals surface area contributed by atoms with Gasteiger partial charge in [0.15, 0.2) is 0 Å². The largest absolute Gasteiger partial charge is 0.377 e. The van der Waals surface area contributed by atoms with Gasteiger partial charge in [-0.25, -0.2) is 0 Å². The Kier molecular flexibility index (Phi) is 4.05. The van der Waals surface area contributed by atoms with Crippen LogP contribution < -0.4 is 5.32 Å². The summed E-state index contributed by atoms with van der Waals surface area (Å²) in [6, 6.07) is 12.6. The minimum absolute atomic E-state index is 0.143. The van der Waals surface area contributed by atoms with E-state index >= 15 is 0 Å². The lowest BCUT2D eigenvalue weighted by Gasteiger charge is -2.19. The molecule has 0 aliphatic carbocycles. The number of aryl methyl sites for hydroxylation is 3. The molecule has 3 nitrogen and oxygen atoms in total. The maximum Gasteiger partial charge on any atom is 0.103 e. The van der Waals surface area contributed by atoms with Crippen LogP contribution in [0.1, 0.15) is 41.0 Å². The normalized spacial score (nSPS) is 11.8. The Bertz CT molecular complexity index is 668. The highest BCUT2D eigenvalue weighted by Gasteiger charge is 2.12. The second kappa shape index (κ2) is 5.75. The molecule has 1 atom stereocenters. The second-order valence-electron chi connectivity index (χ2n) is 5.11. The fourth-order valence-corrected chi connectivity index (χ4v) is 2.47. The molecule has 102 valence electrons. The van der Waals surface area contributed by atoms with Crippen LogP contribution in [0.2, 0.25) is 0 Å². The highest BCUT2D eigenvalue weighted by molar-refractivity contribution is 5.60. The molecule has 3 heteroatoms. The van der Waals surface area contributed by atoms with Gasteiger partial charge in [0, 0.05) is 11.7 Å². The average molecular weight is 265 g/mol. The number of rotatable bonds is 3. The molecule has 0 radical (unpaired) electrons. The first-order valence-corrected chi connectivity index (χ1v) is 6.73. The molecule has 1 aromatic carbocycles. The summed E-state index contributed by atoms with van der Waals surface area (Å²) in [7, 11) is 0. The summed E-state index contributed by atoms with van der Waals surface area (Å²) in [5.41, 5.74) is 5.65. The number of nitrogens with one attached hydrogen (secondary N) is 1. The maximum atomic E-state index is 9.30. The fourth-order valence-electron chi connectivity index (χ4n) is 2.47. The molecule has 0 bridgehead atoms. The van der Waals surface area contributed by atoms with Crippen LogP contribution in [-0.4, -0.2) is 4.98 Å². The van der Waals surface area contributed by atoms with Gasteiger partial charge in [0.1, 0.15) is 6.07 Å². The second-order valence-corrected chi connectivity index (χ2v) is 5.11. The van der Waals surface area contributed by atoms with Crippen molar-refractivity contribution in [1.29, 1.82) is 5.26 Å². The topological polar surface area (TPSA) is 48.7 Å². The summed E-state index contributed by atoms with van der Waals surface area (Å²) in [4.78, 5) is 4.34. The zero-order valence-corrected chi connectivity index (χ0v) is 12.4. The SMILES string of the molecule is Cc1cc(NC(C)c2ccccc2C)c(C#N)c(C)n1. The molecule has 0 saturated carbocycles. The van der Waals surface area contributed by atoms with Gasteiger partial charge in [-0.15, -0.1) is 0 Å². The molecule has 20 heavy (non-hydrogen) atoms. The van der Waals surface area contributed by atoms with E-state index in [9.17, 15) is 5.26 Å². The van der Waals surface area contributed by atoms with Gasteiger partial charge in [0.2, 0.25) is 0 Å². The van der Waals surface area contributed by atoms with Crippen molar-refractivity contribution >= 4 is 5.69 Å². The Morgan fingerprint density at radius 2 is 1.90 bits per heavy atom. The molecule has 0 spiro atoms. The summed E-state index contributed by atoms with van der Waals surface area (Å²) in [5.74, 6) is 0. The Morgan fingerprint density at radius 1 is 1.20 bits per heavy atom. The number of benzene rings is 1. The Balaban J connectivity index is 2.36. The molecule has 0 amide bonds. The van der Waals surface area contributed by atoms with E-state index in [1.807, 2.05) is 32.0 Å². The van der Waals surface area contributed by atoms with E-state index in [0.29, 0.717) is 5.56 Å². The van der Waals surface area contributed by atoms with Crippen LogP contribution in [0.5, 0.6) is 0 Å². The molecule has 0 aliphatic rings. The summed E-state index contributed by atoms with van der Waals surface area (Å²) in [6.45, 7) is 8.02. The number of pyridine rings is 1. The minimum atomic E-state index is 0.143. The van der Waals surface area contributed by atoms with Crippen LogP contribution in [-0.2, 0) is 0 Å². The first-order valence-electron chi connectivity index (χ1n) is 6.73. The first kappa shape index (κ1) is 14.1. The van der Waals surface area contributed by atoms with Crippen molar-refractivity contribution in [1.82, 2.24) is 4.98 Å². The van der Waals surface area contributed by atoms with Crippen LogP contribution in [0.4, 0.5) is 5.69 Å². The lowest BCUT2D eigenvalue weighted by molar-refractivity contribution is 0.870. The number of hydrogen-bond donors (Lipinski definition) is 1. The van der Waals surface area contributed by atoms with Crippen molar-refractivity contribution in [3.8, 4) is 6.07 Å². The smallest absolute Gasteiger partial charge is 0.103 e. The lowest BCUT2D eigenvalue weighted by atomic mass is 10.0. The molecular weight excluding hydrogens is 246 g/mol. The van der Waals surface area contributed by atoms with Crippen molar-refractivity contribution < 1.29 is 0 Å². The number of anilines is 1. The van der Waals surface area contributed by atoms with Crippen molar-refractivity contribution in [2.45, 2.75) is 33.7 Å². The molecule has 1 unspecified atom stereocenters. The van der Waals surface area contributed by atoms with Crippen molar-refractivity contribution in [3.05, 3.63) is 58.4 Å². The molecular formula is C17H19N3. The average Bonchev–Trinajstić information content (AvgIpc) is 2.38. The molecule has 0 saturated heterocycles. The minimum Gasteiger partial charge on any atom is -0.377 e. The van der Waals surface area contributed by atoms with Gasteiger partial charge in [-0.3, -0.25) is 4.98 Å². The van der Waals surface area contributed by atoms with Gasteiger partial charge < -0.3 is 5.32 Å². The zero-order valence-electron chi connectivity index (χ0n) is 12.4. The van der Waals surface area contributed by atoms with Crippen LogP contribution in [0.25, 0.3) is 0 Å². The monoisotopic (exact) mass is 265 g/mol. The number of hydrogen-bond acceptors (Lipinski definition) is 3. The summed E-state index contributed by atoms with van der Waals surface area (Å²) < 4.78 is 0. The van der Waals surface area contributed by atoms with E-state index in [4.69, 9.17) is 0 Å². The number of nitrogens with zero attached hydrogens (tertiary/aromatic N) is 2. The standard InChI is InChI=1S/C17H19N3/c1-11-7-5-6-8-15(11)13(3)20-17-9-12(2)19-14(4)16(17)10-18/h5-9,13H,1-4H3,(H,19,20). The maximum absolute atomic E-state index is 9.30. The third-order valence-corrected chi connectivity index (χ3v) is 3.47. The Labute approximate surface area is 120 Å². The zero-order chi connectivity index (χ0) is 14.7. The summed E-state index contributed by atoms with van der Waals surface area (Å²) >= 11 is 0. The number of aromatic nitrogens is 1. The third-order valence-electron chi connectivity index (χ3n) is 3.47. The predicted octanol–water partition coefficient (Wildman–Crippen LogP) is 4.05. The van der Waals surface area contributed by atoms with Crippen LogP contribution in [0.3, 0.4) is 0 Å². The molecule has 2 rings (SSSR count). The van der Waals surface area contributed by atoms with E-state index in [1.165, 1.54) is 11.1 Å². The van der Waals surface area contributed by atoms with Gasteiger partial charge in [-0.2, -0.15) is 5.26 Å². The highest BCUT2D eigenvalue weighted by Crippen LogP contribution is 2.25. The highest BCUT2D eigenvalue weighted by atomic mass is 14.9. The number of nitriles is 1. The predicted molar refractivity (Wildman–Crippen MR) is 81.6 cm³/mol. The van der Waals surface area contributed by atoms with Gasteiger partial charge in [0.25, 0.3) is 0 Å². The van der Waals surface area contributed by atoms with Gasteiger partial charge >= 0.3 is 0 Å². The molecule has 0 fully saturated rings. The Morgan fingerprint density at radius 3 is 2.55 bits per heavy atom. The van der Waals surface area contributed by atoms with E-state index in [2.05, 4.69) is 42.4 Å². The van der Waals surface area contributed by atoms with Crippen molar-refractivity contribution in [3.63, 3.8) is 0 Å². The van der Waals surface area contributed by atoms with Gasteiger partial charge in [0.05, 0.1) is 16.9 Å². The fraction of sp³-hybridized carbons (Fsp3) is 0.294. The van der Waals surface area contributed by atoms with E-state index < -0.39 is 0 Å². The van der Waals surface area contributed by atoms with Crippen LogP contribution in [0, 0.1) is 32.1 Å². The molecule has 1 N–H and O–H groups in total. The quantitative estimate of drug-likeness (QED) is 0.910. The van der Waals surface area contributed by atoms with Gasteiger partial charge in [-0.1, -0.05) is 24.3 Å². The van der Waals surface area contributed by atoms with Crippen LogP contribution >= 0.6 is 0 Å². The van der Waals surface area contributed by atoms with Crippen LogP contribution in [0.15, 0.2) is 30.3 Å². The van der Waals surface area contributed by atoms with E-state index in [0.717, 1.165) is 17.1 Å². The molecule has 1 heterocycles. The van der Waals surface area contributed by atoms with Crippen molar-refractivity contribution in [2.24, 2.45) is 0 Å². The Hall–Kier alpha value is -2.34. The van der Waals surface area contributed by atoms with Gasteiger partial charge in [-0.05, 0) is 44.9 Å². The summed E-state index contributed by atoms with van der Waals surface area (Å²) in [6.07, 6.45) is 0. The van der Waals surface area contributed by atoms with E-state index in [-0.39, 0.29) is 6.04 Å². The third kappa shape index (κ3) is 2.80. The first-order chi connectivity index (χ1) is 9.52.